The Bertz CT molecular complexity index is 412. The highest BCUT2D eigenvalue weighted by Gasteiger charge is 2.22. The lowest BCUT2D eigenvalue weighted by atomic mass is 10.0. The molecule has 1 N–H and O–H groups in total. The zero-order valence-electron chi connectivity index (χ0n) is 11.5. The molecular formula is C12H21N5O2. The number of nitrogens with one attached hydrogen (secondary N) is 1. The number of aryl methyl sites for hydroxylation is 1. The Hall–Kier alpha value is -1.47. The molecule has 1 amide bonds. The summed E-state index contributed by atoms with van der Waals surface area (Å²) in [5.74, 6) is 0.0804. The monoisotopic (exact) mass is 267 g/mol. The van der Waals surface area contributed by atoms with Crippen LogP contribution in [0.5, 0.6) is 0 Å². The molecule has 0 spiro atoms. The first-order valence-electron chi connectivity index (χ1n) is 6.54. The molecular weight excluding hydrogens is 246 g/mol. The summed E-state index contributed by atoms with van der Waals surface area (Å²) >= 11 is 0. The van der Waals surface area contributed by atoms with E-state index >= 15 is 0 Å². The normalized spacial score (nSPS) is 16.8. The van der Waals surface area contributed by atoms with Crippen LogP contribution < -0.4 is 5.32 Å². The van der Waals surface area contributed by atoms with Crippen molar-refractivity contribution >= 4 is 5.91 Å². The minimum Gasteiger partial charge on any atom is -0.375 e. The van der Waals surface area contributed by atoms with Gasteiger partial charge in [-0.1, -0.05) is 5.21 Å². The predicted octanol–water partition coefficient (Wildman–Crippen LogP) is -0.458. The molecule has 1 aromatic rings. The number of nitrogens with zero attached hydrogens (tertiary/aromatic N) is 4. The van der Waals surface area contributed by atoms with Gasteiger partial charge >= 0.3 is 0 Å². The lowest BCUT2D eigenvalue weighted by Crippen LogP contribution is -2.45. The first-order chi connectivity index (χ1) is 9.20. The smallest absolute Gasteiger partial charge is 0.248 e. The number of piperidine rings is 1. The van der Waals surface area contributed by atoms with E-state index in [-0.39, 0.29) is 12.5 Å². The van der Waals surface area contributed by atoms with Crippen LogP contribution in [-0.2, 0) is 23.1 Å². The zero-order valence-corrected chi connectivity index (χ0v) is 11.5. The molecule has 0 aliphatic carbocycles. The van der Waals surface area contributed by atoms with Gasteiger partial charge in [-0.05, 0) is 12.8 Å². The van der Waals surface area contributed by atoms with Crippen molar-refractivity contribution in [3.63, 3.8) is 0 Å². The number of carbonyl (C=O) groups excluding carboxylic acids is 1. The second-order valence-corrected chi connectivity index (χ2v) is 4.82. The van der Waals surface area contributed by atoms with Crippen molar-refractivity contribution in [3.8, 4) is 0 Å². The number of amides is 1. The zero-order chi connectivity index (χ0) is 13.7. The molecule has 2 rings (SSSR count). The van der Waals surface area contributed by atoms with E-state index in [1.54, 1.807) is 18.0 Å². The highest BCUT2D eigenvalue weighted by molar-refractivity contribution is 5.77. The van der Waals surface area contributed by atoms with E-state index in [1.807, 2.05) is 11.9 Å². The van der Waals surface area contributed by atoms with Gasteiger partial charge in [0.1, 0.15) is 6.61 Å². The van der Waals surface area contributed by atoms with Gasteiger partial charge in [0.05, 0.1) is 11.9 Å². The molecule has 1 aliphatic rings. The summed E-state index contributed by atoms with van der Waals surface area (Å²) in [4.78, 5) is 13.5. The van der Waals surface area contributed by atoms with Crippen LogP contribution in [-0.4, -0.2) is 58.6 Å². The second-order valence-electron chi connectivity index (χ2n) is 4.82. The fourth-order valence-electron chi connectivity index (χ4n) is 2.27. The van der Waals surface area contributed by atoms with E-state index in [1.165, 1.54) is 0 Å². The van der Waals surface area contributed by atoms with Gasteiger partial charge in [-0.2, -0.15) is 0 Å². The molecule has 2 heterocycles. The first kappa shape index (κ1) is 14.0. The van der Waals surface area contributed by atoms with E-state index < -0.39 is 0 Å². The molecule has 1 aliphatic heterocycles. The van der Waals surface area contributed by atoms with E-state index in [0.29, 0.717) is 6.04 Å². The molecule has 0 atom stereocenters. The number of likely N-dealkylation sites (tertiary alicyclic amines) is 1. The van der Waals surface area contributed by atoms with Crippen molar-refractivity contribution in [2.24, 2.45) is 7.05 Å². The topological polar surface area (TPSA) is 72.3 Å². The Morgan fingerprint density at radius 3 is 2.84 bits per heavy atom. The predicted molar refractivity (Wildman–Crippen MR) is 69.3 cm³/mol. The van der Waals surface area contributed by atoms with Crippen LogP contribution in [0.1, 0.15) is 18.5 Å². The highest BCUT2D eigenvalue weighted by atomic mass is 16.5. The van der Waals surface area contributed by atoms with Gasteiger partial charge in [0.2, 0.25) is 5.91 Å². The van der Waals surface area contributed by atoms with Crippen molar-refractivity contribution < 1.29 is 9.53 Å². The maximum Gasteiger partial charge on any atom is 0.248 e. The summed E-state index contributed by atoms with van der Waals surface area (Å²) < 4.78 is 6.64. The SMILES string of the molecule is COCC(=O)N1CCC(NCc2cnnn2C)CC1. The number of ether oxygens (including phenoxy) is 1. The van der Waals surface area contributed by atoms with Gasteiger partial charge < -0.3 is 15.0 Å². The first-order valence-corrected chi connectivity index (χ1v) is 6.54. The molecule has 7 nitrogen and oxygen atoms in total. The van der Waals surface area contributed by atoms with E-state index in [2.05, 4.69) is 15.6 Å². The number of carbonyl (C=O) groups is 1. The summed E-state index contributed by atoms with van der Waals surface area (Å²) in [7, 11) is 3.43. The summed E-state index contributed by atoms with van der Waals surface area (Å²) in [6, 6.07) is 0.446. The van der Waals surface area contributed by atoms with E-state index in [4.69, 9.17) is 4.74 Å². The van der Waals surface area contributed by atoms with Crippen LogP contribution in [0.2, 0.25) is 0 Å². The third-order valence-corrected chi connectivity index (χ3v) is 3.50. The van der Waals surface area contributed by atoms with Gasteiger partial charge in [-0.3, -0.25) is 9.48 Å². The van der Waals surface area contributed by atoms with Crippen molar-refractivity contribution in [2.45, 2.75) is 25.4 Å². The molecule has 106 valence electrons. The average molecular weight is 267 g/mol. The maximum atomic E-state index is 11.7. The molecule has 7 heteroatoms. The maximum absolute atomic E-state index is 11.7. The third-order valence-electron chi connectivity index (χ3n) is 3.50. The third kappa shape index (κ3) is 3.74. The minimum absolute atomic E-state index is 0.0804. The van der Waals surface area contributed by atoms with Crippen LogP contribution >= 0.6 is 0 Å². The summed E-state index contributed by atoms with van der Waals surface area (Å²) in [5.41, 5.74) is 1.07. The van der Waals surface area contributed by atoms with Gasteiger partial charge in [-0.15, -0.1) is 5.10 Å². The lowest BCUT2D eigenvalue weighted by molar-refractivity contribution is -0.136. The minimum atomic E-state index is 0.0804. The Kier molecular flexibility index (Phi) is 4.86. The van der Waals surface area contributed by atoms with Gasteiger partial charge in [0, 0.05) is 39.8 Å². The fraction of sp³-hybridized carbons (Fsp3) is 0.750. The van der Waals surface area contributed by atoms with Gasteiger partial charge in [0.15, 0.2) is 0 Å². The Morgan fingerprint density at radius 2 is 2.26 bits per heavy atom. The van der Waals surface area contributed by atoms with Crippen LogP contribution in [0.3, 0.4) is 0 Å². The second kappa shape index (κ2) is 6.63. The Balaban J connectivity index is 1.72. The van der Waals surface area contributed by atoms with Crippen LogP contribution in [0, 0.1) is 0 Å². The number of aromatic nitrogens is 3. The summed E-state index contributed by atoms with van der Waals surface area (Å²) in [5, 5.41) is 11.2. The fourth-order valence-corrected chi connectivity index (χ4v) is 2.27. The van der Waals surface area contributed by atoms with Gasteiger partial charge in [0.25, 0.3) is 0 Å². The van der Waals surface area contributed by atoms with Gasteiger partial charge in [-0.25, -0.2) is 0 Å². The molecule has 0 bridgehead atoms. The Labute approximate surface area is 112 Å². The van der Waals surface area contributed by atoms with Crippen LogP contribution in [0.25, 0.3) is 0 Å². The Morgan fingerprint density at radius 1 is 1.53 bits per heavy atom. The van der Waals surface area contributed by atoms with Crippen LogP contribution in [0.4, 0.5) is 0 Å². The molecule has 0 unspecified atom stereocenters. The van der Waals surface area contributed by atoms with Crippen LogP contribution in [0.15, 0.2) is 6.20 Å². The molecule has 0 aromatic carbocycles. The lowest BCUT2D eigenvalue weighted by Gasteiger charge is -2.32. The van der Waals surface area contributed by atoms with E-state index in [0.717, 1.165) is 38.2 Å². The quantitative estimate of drug-likeness (QED) is 0.782. The number of rotatable bonds is 5. The highest BCUT2D eigenvalue weighted by Crippen LogP contribution is 2.11. The molecule has 1 saturated heterocycles. The molecule has 1 aromatic heterocycles. The van der Waals surface area contributed by atoms with E-state index in [9.17, 15) is 4.79 Å². The van der Waals surface area contributed by atoms with Crippen molar-refractivity contribution in [3.05, 3.63) is 11.9 Å². The number of methoxy groups -OCH3 is 1. The average Bonchev–Trinajstić information content (AvgIpc) is 2.83. The molecule has 0 saturated carbocycles. The van der Waals surface area contributed by atoms with Crippen molar-refractivity contribution in [2.75, 3.05) is 26.8 Å². The number of hydrogen-bond acceptors (Lipinski definition) is 5. The van der Waals surface area contributed by atoms with Crippen molar-refractivity contribution in [1.29, 1.82) is 0 Å². The summed E-state index contributed by atoms with van der Waals surface area (Å²) in [6.07, 6.45) is 3.71. The molecule has 0 radical (unpaired) electrons. The molecule has 19 heavy (non-hydrogen) atoms. The van der Waals surface area contributed by atoms with Crippen molar-refractivity contribution in [1.82, 2.24) is 25.2 Å². The largest absolute Gasteiger partial charge is 0.375 e. The summed E-state index contributed by atoms with van der Waals surface area (Å²) in [6.45, 7) is 2.53. The number of hydrogen-bond donors (Lipinski definition) is 1. The standard InChI is InChI=1S/C12H21N5O2/c1-16-11(8-14-15-16)7-13-10-3-5-17(6-4-10)12(18)9-19-2/h8,10,13H,3-7,9H2,1-2H3. The molecule has 1 fully saturated rings.